The Hall–Kier alpha value is -3.17. The maximum atomic E-state index is 13.4. The summed E-state index contributed by atoms with van der Waals surface area (Å²) in [5, 5.41) is 3.11. The molecule has 0 unspecified atom stereocenters. The Morgan fingerprint density at radius 2 is 1.88 bits per heavy atom. The molecule has 1 aromatic heterocycles. The van der Waals surface area contributed by atoms with Crippen LogP contribution in [0.3, 0.4) is 0 Å². The third kappa shape index (κ3) is 5.66. The first kappa shape index (κ1) is 25.5. The van der Waals surface area contributed by atoms with Gasteiger partial charge in [-0.2, -0.15) is 0 Å². The number of aryl methyl sites for hydroxylation is 1. The molecule has 1 heterocycles. The van der Waals surface area contributed by atoms with Gasteiger partial charge in [-0.25, -0.2) is 9.18 Å². The van der Waals surface area contributed by atoms with Gasteiger partial charge >= 0.3 is 5.97 Å². The molecule has 1 amide bonds. The molecule has 0 aliphatic rings. The van der Waals surface area contributed by atoms with E-state index in [1.165, 1.54) is 43.8 Å². The number of anilines is 1. The second-order valence-electron chi connectivity index (χ2n) is 7.03. The van der Waals surface area contributed by atoms with Gasteiger partial charge in [-0.05, 0) is 71.2 Å². The average molecular weight is 548 g/mol. The van der Waals surface area contributed by atoms with E-state index in [-0.39, 0.29) is 11.4 Å². The molecule has 2 aromatic carbocycles. The zero-order chi connectivity index (χ0) is 24.8. The minimum atomic E-state index is -0.594. The largest absolute Gasteiger partial charge is 0.493 e. The van der Waals surface area contributed by atoms with Crippen LogP contribution in [-0.4, -0.2) is 32.7 Å². The van der Waals surface area contributed by atoms with Gasteiger partial charge in [-0.15, -0.1) is 11.3 Å². The SMILES string of the molecule is CCOc1c(Br)cc(/C=C/C(=O)Nc2sc(C)c(-c3ccc(F)cc3)c2C(=O)OC)cc1OC. The molecule has 1 N–H and O–H groups in total. The summed E-state index contributed by atoms with van der Waals surface area (Å²) in [6.07, 6.45) is 2.98. The van der Waals surface area contributed by atoms with Crippen LogP contribution in [0.5, 0.6) is 11.5 Å². The third-order valence-electron chi connectivity index (χ3n) is 4.81. The maximum absolute atomic E-state index is 13.4. The van der Waals surface area contributed by atoms with Crippen molar-refractivity contribution in [3.8, 4) is 22.6 Å². The van der Waals surface area contributed by atoms with Crippen molar-refractivity contribution in [3.63, 3.8) is 0 Å². The molecule has 9 heteroatoms. The second kappa shape index (κ2) is 11.3. The highest BCUT2D eigenvalue weighted by atomic mass is 79.9. The van der Waals surface area contributed by atoms with E-state index in [1.807, 2.05) is 13.8 Å². The fourth-order valence-electron chi connectivity index (χ4n) is 3.34. The summed E-state index contributed by atoms with van der Waals surface area (Å²) in [7, 11) is 2.81. The van der Waals surface area contributed by atoms with Crippen LogP contribution in [0.15, 0.2) is 46.9 Å². The minimum Gasteiger partial charge on any atom is -0.493 e. The summed E-state index contributed by atoms with van der Waals surface area (Å²) in [5.74, 6) is -0.296. The molecule has 0 saturated heterocycles. The van der Waals surface area contributed by atoms with Crippen molar-refractivity contribution in [2.75, 3.05) is 26.1 Å². The highest BCUT2D eigenvalue weighted by Gasteiger charge is 2.24. The van der Waals surface area contributed by atoms with Crippen molar-refractivity contribution >= 4 is 50.2 Å². The zero-order valence-electron chi connectivity index (χ0n) is 19.0. The monoisotopic (exact) mass is 547 g/mol. The lowest BCUT2D eigenvalue weighted by atomic mass is 10.0. The number of ether oxygens (including phenoxy) is 3. The van der Waals surface area contributed by atoms with Crippen molar-refractivity contribution in [3.05, 3.63) is 68.8 Å². The number of hydrogen-bond donors (Lipinski definition) is 1. The quantitative estimate of drug-likeness (QED) is 0.258. The molecule has 0 saturated carbocycles. The molecule has 0 aliphatic carbocycles. The second-order valence-corrected chi connectivity index (χ2v) is 9.10. The average Bonchev–Trinajstić information content (AvgIpc) is 3.14. The lowest BCUT2D eigenvalue weighted by Gasteiger charge is -2.12. The van der Waals surface area contributed by atoms with Crippen LogP contribution in [0.2, 0.25) is 0 Å². The van der Waals surface area contributed by atoms with Gasteiger partial charge in [-0.1, -0.05) is 12.1 Å². The van der Waals surface area contributed by atoms with Gasteiger partial charge in [0.15, 0.2) is 11.5 Å². The highest BCUT2D eigenvalue weighted by Crippen LogP contribution is 2.40. The van der Waals surface area contributed by atoms with Gasteiger partial charge in [0.2, 0.25) is 5.91 Å². The summed E-state index contributed by atoms with van der Waals surface area (Å²) in [5.41, 5.74) is 2.18. The highest BCUT2D eigenvalue weighted by molar-refractivity contribution is 9.10. The third-order valence-corrected chi connectivity index (χ3v) is 6.42. The number of carbonyl (C=O) groups is 2. The normalized spacial score (nSPS) is 10.9. The topological polar surface area (TPSA) is 73.9 Å². The van der Waals surface area contributed by atoms with Gasteiger partial charge in [0.05, 0.1) is 25.3 Å². The Labute approximate surface area is 209 Å². The van der Waals surface area contributed by atoms with Gasteiger partial charge in [0.1, 0.15) is 16.4 Å². The van der Waals surface area contributed by atoms with E-state index in [4.69, 9.17) is 14.2 Å². The number of carbonyl (C=O) groups excluding carboxylic acids is 2. The van der Waals surface area contributed by atoms with E-state index >= 15 is 0 Å². The molecule has 0 bridgehead atoms. The molecule has 0 aliphatic heterocycles. The summed E-state index contributed by atoms with van der Waals surface area (Å²) in [6.45, 7) is 4.18. The fraction of sp³-hybridized carbons (Fsp3) is 0.200. The number of methoxy groups -OCH3 is 2. The lowest BCUT2D eigenvalue weighted by molar-refractivity contribution is -0.111. The van der Waals surface area contributed by atoms with Crippen LogP contribution >= 0.6 is 27.3 Å². The van der Waals surface area contributed by atoms with Crippen LogP contribution in [-0.2, 0) is 9.53 Å². The summed E-state index contributed by atoms with van der Waals surface area (Å²) in [6, 6.07) is 9.36. The van der Waals surface area contributed by atoms with Gasteiger partial charge in [0.25, 0.3) is 0 Å². The number of thiophene rings is 1. The van der Waals surface area contributed by atoms with Crippen molar-refractivity contribution in [2.24, 2.45) is 0 Å². The van der Waals surface area contributed by atoms with E-state index in [0.29, 0.717) is 44.3 Å². The molecular formula is C25H23BrFNO5S. The molecule has 3 rings (SSSR count). The summed E-state index contributed by atoms with van der Waals surface area (Å²) in [4.78, 5) is 26.1. The Balaban J connectivity index is 1.90. The van der Waals surface area contributed by atoms with Crippen molar-refractivity contribution < 1.29 is 28.2 Å². The number of esters is 1. The Kier molecular flexibility index (Phi) is 8.46. The summed E-state index contributed by atoms with van der Waals surface area (Å²) >= 11 is 4.70. The van der Waals surface area contributed by atoms with Crippen LogP contribution < -0.4 is 14.8 Å². The molecule has 6 nitrogen and oxygen atoms in total. The summed E-state index contributed by atoms with van der Waals surface area (Å²) < 4.78 is 30.0. The smallest absolute Gasteiger partial charge is 0.341 e. The maximum Gasteiger partial charge on any atom is 0.341 e. The minimum absolute atomic E-state index is 0.226. The van der Waals surface area contributed by atoms with Gasteiger partial charge < -0.3 is 19.5 Å². The zero-order valence-corrected chi connectivity index (χ0v) is 21.4. The van der Waals surface area contributed by atoms with Crippen molar-refractivity contribution in [1.82, 2.24) is 0 Å². The number of rotatable bonds is 8. The van der Waals surface area contributed by atoms with Crippen LogP contribution in [0.1, 0.15) is 27.7 Å². The van der Waals surface area contributed by atoms with Crippen LogP contribution in [0, 0.1) is 12.7 Å². The Bertz CT molecular complexity index is 1240. The molecule has 34 heavy (non-hydrogen) atoms. The van der Waals surface area contributed by atoms with Gasteiger partial charge in [-0.3, -0.25) is 4.79 Å². The predicted octanol–water partition coefficient (Wildman–Crippen LogP) is 6.47. The first-order valence-corrected chi connectivity index (χ1v) is 11.9. The molecule has 0 spiro atoms. The molecule has 0 radical (unpaired) electrons. The standard InChI is InChI=1S/C25H23BrFNO5S/c1-5-33-23-18(26)12-15(13-19(23)31-3)6-11-20(29)28-24-22(25(30)32-4)21(14(2)34-24)16-7-9-17(27)10-8-16/h6-13H,5H2,1-4H3,(H,28,29)/b11-6+. The molecule has 0 atom stereocenters. The van der Waals surface area contributed by atoms with Crippen LogP contribution in [0.25, 0.3) is 17.2 Å². The number of halogens is 2. The van der Waals surface area contributed by atoms with Crippen molar-refractivity contribution in [2.45, 2.75) is 13.8 Å². The number of amides is 1. The van der Waals surface area contributed by atoms with Crippen molar-refractivity contribution in [1.29, 1.82) is 0 Å². The number of nitrogens with one attached hydrogen (secondary N) is 1. The lowest BCUT2D eigenvalue weighted by Crippen LogP contribution is -2.11. The first-order chi connectivity index (χ1) is 16.3. The van der Waals surface area contributed by atoms with E-state index in [0.717, 1.165) is 4.88 Å². The van der Waals surface area contributed by atoms with E-state index in [1.54, 1.807) is 30.3 Å². The molecule has 0 fully saturated rings. The molecule has 178 valence electrons. The van der Waals surface area contributed by atoms with E-state index < -0.39 is 11.9 Å². The molecule has 3 aromatic rings. The van der Waals surface area contributed by atoms with E-state index in [2.05, 4.69) is 21.2 Å². The number of benzene rings is 2. The molecular weight excluding hydrogens is 525 g/mol. The Morgan fingerprint density at radius 1 is 1.18 bits per heavy atom. The predicted molar refractivity (Wildman–Crippen MR) is 135 cm³/mol. The first-order valence-electron chi connectivity index (χ1n) is 10.3. The van der Waals surface area contributed by atoms with Gasteiger partial charge in [0, 0.05) is 16.5 Å². The van der Waals surface area contributed by atoms with E-state index in [9.17, 15) is 14.0 Å². The number of hydrogen-bond acceptors (Lipinski definition) is 6. The fourth-order valence-corrected chi connectivity index (χ4v) is 4.98. The Morgan fingerprint density at radius 3 is 2.50 bits per heavy atom. The van der Waals surface area contributed by atoms with Crippen LogP contribution in [0.4, 0.5) is 9.39 Å².